The fourth-order valence-corrected chi connectivity index (χ4v) is 1.37. The third-order valence-corrected chi connectivity index (χ3v) is 2.24. The minimum atomic E-state index is -1.35. The van der Waals surface area contributed by atoms with Gasteiger partial charge in [-0.2, -0.15) is 0 Å². The molecule has 1 aliphatic heterocycles. The molecule has 4 unspecified atom stereocenters. The summed E-state index contributed by atoms with van der Waals surface area (Å²) in [5, 5.41) is 36.1. The molecule has 0 bridgehead atoms. The van der Waals surface area contributed by atoms with Gasteiger partial charge in [-0.3, -0.25) is 0 Å². The average Bonchev–Trinajstić information content (AvgIpc) is 2.08. The monoisotopic (exact) mass is 392 g/mol. The molecule has 0 saturated carbocycles. The first-order valence-corrected chi connectivity index (χ1v) is 4.01. The molecule has 5 nitrogen and oxygen atoms in total. The number of hydrogen-bond donors (Lipinski definition) is 4. The van der Waals surface area contributed by atoms with Crippen LogP contribution in [-0.4, -0.2) is 56.9 Å². The third-order valence-electron chi connectivity index (χ3n) is 1.85. The molecule has 1 aliphatic rings. The summed E-state index contributed by atoms with van der Waals surface area (Å²) >= 11 is 4.63. The van der Waals surface area contributed by atoms with Gasteiger partial charge in [0.05, 0.1) is 12.7 Å². The number of ether oxygens (including phenoxy) is 1. The van der Waals surface area contributed by atoms with Crippen molar-refractivity contribution in [1.29, 1.82) is 0 Å². The van der Waals surface area contributed by atoms with E-state index in [9.17, 15) is 5.11 Å². The molecule has 1 rings (SSSR count). The summed E-state index contributed by atoms with van der Waals surface area (Å²) in [5.41, 5.74) is -0.986. The Bertz CT molecular complexity index is 155. The van der Waals surface area contributed by atoms with E-state index in [1.807, 2.05) is 0 Å². The van der Waals surface area contributed by atoms with E-state index in [-0.39, 0.29) is 22.4 Å². The zero-order valence-electron chi connectivity index (χ0n) is 6.50. The van der Waals surface area contributed by atoms with E-state index in [4.69, 9.17) is 20.1 Å². The molecule has 4 N–H and O–H groups in total. The Morgan fingerprint density at radius 3 is 2.08 bits per heavy atom. The molecule has 0 aromatic rings. The fraction of sp³-hybridized carbons (Fsp3) is 1.00. The summed E-state index contributed by atoms with van der Waals surface area (Å²) < 4.78 is 4.84. The minimum Gasteiger partial charge on any atom is -0.759 e. The average molecular weight is 392 g/mol. The first-order valence-electron chi connectivity index (χ1n) is 3.54. The van der Waals surface area contributed by atoms with Crippen molar-refractivity contribution in [3.05, 3.63) is 0 Å². The number of rotatable bonds is 1. The topological polar surface area (TPSA) is 90.2 Å². The van der Waals surface area contributed by atoms with Gasteiger partial charge in [-0.05, 0) is 5.44 Å². The van der Waals surface area contributed by atoms with Crippen molar-refractivity contribution in [1.82, 2.24) is 0 Å². The zero-order valence-corrected chi connectivity index (χ0v) is 9.48. The van der Waals surface area contributed by atoms with Crippen molar-refractivity contribution >= 4 is 12.6 Å². The Hall–Kier alpha value is 0.890. The summed E-state index contributed by atoms with van der Waals surface area (Å²) in [6, 6.07) is 0. The van der Waals surface area contributed by atoms with E-state index >= 15 is 0 Å². The van der Waals surface area contributed by atoms with Crippen LogP contribution in [0.25, 0.3) is 0 Å². The van der Waals surface area contributed by atoms with E-state index in [2.05, 4.69) is 12.6 Å². The molecule has 0 amide bonds. The maximum absolute atomic E-state index is 9.18. The fourth-order valence-electron chi connectivity index (χ4n) is 1.07. The first-order chi connectivity index (χ1) is 5.57. The van der Waals surface area contributed by atoms with Gasteiger partial charge in [0, 0.05) is 0 Å². The van der Waals surface area contributed by atoms with E-state index in [1.54, 1.807) is 0 Å². The van der Waals surface area contributed by atoms with Crippen molar-refractivity contribution in [3.63, 3.8) is 0 Å². The molecule has 0 aromatic carbocycles. The van der Waals surface area contributed by atoms with Crippen LogP contribution in [0.1, 0.15) is 0 Å². The second kappa shape index (κ2) is 5.69. The number of hydrogen-bond acceptors (Lipinski definition) is 6. The molecule has 5 atom stereocenters. The van der Waals surface area contributed by atoms with Crippen LogP contribution in [0.15, 0.2) is 0 Å². The molecular weight excluding hydrogens is 381 g/mol. The first kappa shape index (κ1) is 13.9. The van der Waals surface area contributed by atoms with Crippen LogP contribution in [0.3, 0.4) is 0 Å². The molecule has 0 spiro atoms. The van der Waals surface area contributed by atoms with Gasteiger partial charge >= 0.3 is 22.4 Å². The maximum atomic E-state index is 9.18. The van der Waals surface area contributed by atoms with E-state index < -0.39 is 36.5 Å². The van der Waals surface area contributed by atoms with Gasteiger partial charge in [-0.15, -0.1) is 0 Å². The second-order valence-electron chi connectivity index (χ2n) is 2.70. The zero-order chi connectivity index (χ0) is 9.30. The third kappa shape index (κ3) is 2.92. The van der Waals surface area contributed by atoms with Gasteiger partial charge in [-0.1, -0.05) is 0 Å². The molecule has 82 valence electrons. The summed E-state index contributed by atoms with van der Waals surface area (Å²) in [7, 11) is 0. The quantitative estimate of drug-likeness (QED) is 0.288. The second-order valence-corrected chi connectivity index (χ2v) is 3.16. The largest absolute Gasteiger partial charge is 1.00 e. The number of aliphatic hydroxyl groups excluding tert-OH is 4. The Morgan fingerprint density at radius 1 is 1.08 bits per heavy atom. The molecule has 1 fully saturated rings. The van der Waals surface area contributed by atoms with Crippen molar-refractivity contribution in [2.45, 2.75) is 29.9 Å². The smallest absolute Gasteiger partial charge is 0.759 e. The normalized spacial score (nSPS) is 45.5. The van der Waals surface area contributed by atoms with Crippen LogP contribution in [0.4, 0.5) is 0 Å². The van der Waals surface area contributed by atoms with Crippen molar-refractivity contribution in [2.24, 2.45) is 0 Å². The van der Waals surface area contributed by atoms with E-state index in [0.29, 0.717) is 0 Å². The van der Waals surface area contributed by atoms with E-state index in [1.165, 1.54) is 0 Å². The van der Waals surface area contributed by atoms with Gasteiger partial charge < -0.3 is 37.8 Å². The van der Waals surface area contributed by atoms with Crippen LogP contribution in [0.2, 0.25) is 0 Å². The Morgan fingerprint density at radius 2 is 1.62 bits per heavy atom. The summed E-state index contributed by atoms with van der Waals surface area (Å²) in [6.45, 7) is -0.432. The Balaban J connectivity index is 0.00000144. The van der Waals surface area contributed by atoms with Crippen LogP contribution in [0, 0.1) is 0 Å². The van der Waals surface area contributed by atoms with Crippen LogP contribution < -0.4 is 0 Å². The van der Waals surface area contributed by atoms with Crippen LogP contribution >= 0.6 is 0 Å². The minimum absolute atomic E-state index is 0. The van der Waals surface area contributed by atoms with Gasteiger partial charge in [0.25, 0.3) is 0 Å². The van der Waals surface area contributed by atoms with Gasteiger partial charge in [0.1, 0.15) is 18.3 Å². The van der Waals surface area contributed by atoms with E-state index in [0.717, 1.165) is 0 Å². The summed E-state index contributed by atoms with van der Waals surface area (Å²) in [6.07, 6.45) is -4.83. The van der Waals surface area contributed by atoms with Crippen LogP contribution in [-0.2, 0) is 39.7 Å². The van der Waals surface area contributed by atoms with Gasteiger partial charge in [0.2, 0.25) is 0 Å². The molecule has 7 heteroatoms. The van der Waals surface area contributed by atoms with Crippen LogP contribution in [0.5, 0.6) is 0 Å². The predicted molar refractivity (Wildman–Crippen MR) is 41.1 cm³/mol. The van der Waals surface area contributed by atoms with Gasteiger partial charge in [-0.25, -0.2) is 0 Å². The molecular formula is C6H11AuO5S. The predicted octanol–water partition coefficient (Wildman–Crippen LogP) is -2.67. The maximum Gasteiger partial charge on any atom is 1.00 e. The molecule has 0 aromatic heterocycles. The summed E-state index contributed by atoms with van der Waals surface area (Å²) in [4.78, 5) is 0. The molecule has 1 saturated heterocycles. The summed E-state index contributed by atoms with van der Waals surface area (Å²) in [5.74, 6) is 0. The van der Waals surface area contributed by atoms with Crippen molar-refractivity contribution in [2.75, 3.05) is 6.61 Å². The van der Waals surface area contributed by atoms with Gasteiger partial charge in [0.15, 0.2) is 0 Å². The van der Waals surface area contributed by atoms with Crippen molar-refractivity contribution in [3.8, 4) is 0 Å². The Labute approximate surface area is 96.6 Å². The molecule has 0 radical (unpaired) electrons. The SMILES string of the molecule is OCC1OC([S-])[C@H](O)C(O)C1O.[Au+]. The molecule has 13 heavy (non-hydrogen) atoms. The Kier molecular flexibility index (Phi) is 6.08. The molecule has 0 aliphatic carbocycles. The standard InChI is InChI=1S/C6H12O5S.Au/c7-1-2-3(8)4(9)5(10)6(12)11-2;/h2-10,12H,1H2;/q;+1/p-1/t2?,3?,4?,5-,6?;/m1./s1. The number of aliphatic hydroxyl groups is 4. The molecule has 1 heterocycles. The van der Waals surface area contributed by atoms with Crippen molar-refractivity contribution < 1.29 is 47.5 Å².